The molecule has 13 heavy (non-hydrogen) atoms. The summed E-state index contributed by atoms with van der Waals surface area (Å²) in [6.07, 6.45) is 0. The molecular weight excluding hydrogens is 184 g/mol. The first-order valence-electron chi connectivity index (χ1n) is 4.13. The molecule has 0 aliphatic rings. The second-order valence-corrected chi connectivity index (χ2v) is 3.76. The van der Waals surface area contributed by atoms with Gasteiger partial charge in [0, 0.05) is 4.90 Å². The van der Waals surface area contributed by atoms with Crippen molar-refractivity contribution in [1.29, 1.82) is 0 Å². The minimum Gasteiger partial charge on any atom is -0.386 e. The molecule has 0 saturated heterocycles. The Bertz CT molecular complexity index is 270. The first kappa shape index (κ1) is 10.1. The SMILES string of the molecule is CC(C)C(=O)OSc1ccccc1. The Morgan fingerprint density at radius 2 is 1.92 bits per heavy atom. The van der Waals surface area contributed by atoms with Crippen molar-refractivity contribution in [3.05, 3.63) is 30.3 Å². The molecule has 0 bridgehead atoms. The summed E-state index contributed by atoms with van der Waals surface area (Å²) < 4.78 is 4.97. The molecule has 3 heteroatoms. The molecule has 0 saturated carbocycles. The lowest BCUT2D eigenvalue weighted by Gasteiger charge is -2.03. The molecule has 0 fully saturated rings. The maximum Gasteiger partial charge on any atom is 0.320 e. The van der Waals surface area contributed by atoms with Crippen LogP contribution in [0.1, 0.15) is 13.8 Å². The van der Waals surface area contributed by atoms with Crippen molar-refractivity contribution >= 4 is 18.0 Å². The molecule has 0 aromatic heterocycles. The van der Waals surface area contributed by atoms with Gasteiger partial charge in [0.25, 0.3) is 0 Å². The van der Waals surface area contributed by atoms with Crippen LogP contribution in [0.4, 0.5) is 0 Å². The molecule has 1 aromatic carbocycles. The molecule has 0 heterocycles. The second-order valence-electron chi connectivity index (χ2n) is 2.95. The van der Waals surface area contributed by atoms with Crippen molar-refractivity contribution in [2.24, 2.45) is 5.92 Å². The van der Waals surface area contributed by atoms with Crippen LogP contribution in [-0.2, 0) is 8.98 Å². The van der Waals surface area contributed by atoms with Gasteiger partial charge >= 0.3 is 5.97 Å². The summed E-state index contributed by atoms with van der Waals surface area (Å²) in [7, 11) is 0. The van der Waals surface area contributed by atoms with Gasteiger partial charge in [-0.15, -0.1) is 0 Å². The molecule has 0 aliphatic heterocycles. The highest BCUT2D eigenvalue weighted by atomic mass is 32.2. The van der Waals surface area contributed by atoms with E-state index < -0.39 is 0 Å². The van der Waals surface area contributed by atoms with E-state index in [0.717, 1.165) is 16.9 Å². The zero-order chi connectivity index (χ0) is 9.68. The van der Waals surface area contributed by atoms with E-state index in [-0.39, 0.29) is 11.9 Å². The summed E-state index contributed by atoms with van der Waals surface area (Å²) in [5, 5.41) is 0. The van der Waals surface area contributed by atoms with Gasteiger partial charge in [0.15, 0.2) is 0 Å². The van der Waals surface area contributed by atoms with E-state index in [2.05, 4.69) is 0 Å². The van der Waals surface area contributed by atoms with E-state index >= 15 is 0 Å². The van der Waals surface area contributed by atoms with Gasteiger partial charge in [0.2, 0.25) is 0 Å². The van der Waals surface area contributed by atoms with Gasteiger partial charge in [-0.2, -0.15) is 0 Å². The largest absolute Gasteiger partial charge is 0.386 e. The molecule has 70 valence electrons. The number of hydrogen-bond acceptors (Lipinski definition) is 3. The molecule has 0 unspecified atom stereocenters. The maximum atomic E-state index is 11.1. The first-order valence-corrected chi connectivity index (χ1v) is 4.87. The summed E-state index contributed by atoms with van der Waals surface area (Å²) in [5.74, 6) is -0.259. The number of carbonyl (C=O) groups excluding carboxylic acids is 1. The fourth-order valence-corrected chi connectivity index (χ4v) is 1.30. The summed E-state index contributed by atoms with van der Waals surface area (Å²) in [6.45, 7) is 3.63. The Hall–Kier alpha value is -0.960. The zero-order valence-electron chi connectivity index (χ0n) is 7.69. The third-order valence-electron chi connectivity index (χ3n) is 1.43. The van der Waals surface area contributed by atoms with Gasteiger partial charge in [-0.25, -0.2) is 0 Å². The lowest BCUT2D eigenvalue weighted by Crippen LogP contribution is -2.06. The van der Waals surface area contributed by atoms with Crippen molar-refractivity contribution in [3.63, 3.8) is 0 Å². The highest BCUT2D eigenvalue weighted by Gasteiger charge is 2.08. The predicted octanol–water partition coefficient (Wildman–Crippen LogP) is 2.89. The van der Waals surface area contributed by atoms with Crippen molar-refractivity contribution in [2.45, 2.75) is 18.7 Å². The highest BCUT2D eigenvalue weighted by Crippen LogP contribution is 2.19. The molecule has 1 rings (SSSR count). The Kier molecular flexibility index (Phi) is 3.83. The molecule has 0 spiro atoms. The fourth-order valence-electron chi connectivity index (χ4n) is 0.661. The van der Waals surface area contributed by atoms with Crippen molar-refractivity contribution < 1.29 is 8.98 Å². The van der Waals surface area contributed by atoms with Crippen molar-refractivity contribution in [1.82, 2.24) is 0 Å². The van der Waals surface area contributed by atoms with Gasteiger partial charge in [-0.05, 0) is 12.1 Å². The third-order valence-corrected chi connectivity index (χ3v) is 2.15. The van der Waals surface area contributed by atoms with Gasteiger partial charge in [-0.1, -0.05) is 32.0 Å². The molecule has 0 N–H and O–H groups in total. The molecule has 2 nitrogen and oxygen atoms in total. The van der Waals surface area contributed by atoms with Crippen LogP contribution >= 0.6 is 12.0 Å². The average molecular weight is 196 g/mol. The monoisotopic (exact) mass is 196 g/mol. The van der Waals surface area contributed by atoms with Gasteiger partial charge in [0.1, 0.15) is 0 Å². The molecule has 0 aliphatic carbocycles. The Morgan fingerprint density at radius 3 is 2.46 bits per heavy atom. The lowest BCUT2D eigenvalue weighted by atomic mass is 10.2. The average Bonchev–Trinajstić information content (AvgIpc) is 2.15. The number of benzene rings is 1. The van der Waals surface area contributed by atoms with Crippen molar-refractivity contribution in [3.8, 4) is 0 Å². The maximum absolute atomic E-state index is 11.1. The Morgan fingerprint density at radius 1 is 1.31 bits per heavy atom. The highest BCUT2D eigenvalue weighted by molar-refractivity contribution is 7.95. The third kappa shape index (κ3) is 3.51. The lowest BCUT2D eigenvalue weighted by molar-refractivity contribution is -0.136. The van der Waals surface area contributed by atoms with E-state index in [9.17, 15) is 4.79 Å². The van der Waals surface area contributed by atoms with E-state index in [1.165, 1.54) is 0 Å². The van der Waals surface area contributed by atoms with Crippen LogP contribution in [0.5, 0.6) is 0 Å². The van der Waals surface area contributed by atoms with Crippen molar-refractivity contribution in [2.75, 3.05) is 0 Å². The number of hydrogen-bond donors (Lipinski definition) is 0. The van der Waals surface area contributed by atoms with Gasteiger partial charge in [-0.3, -0.25) is 4.79 Å². The number of rotatable bonds is 3. The second kappa shape index (κ2) is 4.92. The quantitative estimate of drug-likeness (QED) is 0.695. The molecule has 0 radical (unpaired) electrons. The summed E-state index contributed by atoms with van der Waals surface area (Å²) >= 11 is 1.11. The summed E-state index contributed by atoms with van der Waals surface area (Å²) in [4.78, 5) is 12.0. The minimum absolute atomic E-state index is 0.0730. The van der Waals surface area contributed by atoms with Gasteiger partial charge < -0.3 is 4.18 Å². The van der Waals surface area contributed by atoms with E-state index in [4.69, 9.17) is 4.18 Å². The first-order chi connectivity index (χ1) is 6.20. The van der Waals surface area contributed by atoms with Crippen LogP contribution in [0, 0.1) is 5.92 Å². The fraction of sp³-hybridized carbons (Fsp3) is 0.300. The van der Waals surface area contributed by atoms with E-state index in [1.807, 2.05) is 44.2 Å². The molecular formula is C10H12O2S. The van der Waals surface area contributed by atoms with Crippen LogP contribution in [0.2, 0.25) is 0 Å². The van der Waals surface area contributed by atoms with Crippen LogP contribution in [0.3, 0.4) is 0 Å². The van der Waals surface area contributed by atoms with Crippen LogP contribution in [-0.4, -0.2) is 5.97 Å². The standard InChI is InChI=1S/C10H12O2S/c1-8(2)10(11)12-13-9-6-4-3-5-7-9/h3-8H,1-2H3. The summed E-state index contributed by atoms with van der Waals surface area (Å²) in [6, 6.07) is 9.54. The topological polar surface area (TPSA) is 26.3 Å². The van der Waals surface area contributed by atoms with Crippen LogP contribution in [0.25, 0.3) is 0 Å². The van der Waals surface area contributed by atoms with E-state index in [0.29, 0.717) is 0 Å². The smallest absolute Gasteiger partial charge is 0.320 e. The zero-order valence-corrected chi connectivity index (χ0v) is 8.51. The number of carbonyl (C=O) groups is 1. The van der Waals surface area contributed by atoms with Gasteiger partial charge in [0.05, 0.1) is 18.0 Å². The normalized spacial score (nSPS) is 10.1. The van der Waals surface area contributed by atoms with Crippen LogP contribution < -0.4 is 0 Å². The Balaban J connectivity index is 2.40. The van der Waals surface area contributed by atoms with E-state index in [1.54, 1.807) is 0 Å². The molecule has 0 atom stereocenters. The molecule has 0 amide bonds. The summed E-state index contributed by atoms with van der Waals surface area (Å²) in [5.41, 5.74) is 0. The predicted molar refractivity (Wildman–Crippen MR) is 53.2 cm³/mol. The Labute approximate surface area is 82.5 Å². The molecule has 1 aromatic rings. The van der Waals surface area contributed by atoms with Crippen LogP contribution in [0.15, 0.2) is 35.2 Å². The minimum atomic E-state index is -0.186.